The van der Waals surface area contributed by atoms with E-state index in [0.717, 1.165) is 0 Å². The molecule has 1 rings (SSSR count). The van der Waals surface area contributed by atoms with E-state index in [1.165, 1.54) is 24.3 Å². The van der Waals surface area contributed by atoms with E-state index in [9.17, 15) is 13.6 Å². The summed E-state index contributed by atoms with van der Waals surface area (Å²) in [6.07, 6.45) is 0. The minimum absolute atomic E-state index is 0.0563. The predicted molar refractivity (Wildman–Crippen MR) is 78.7 cm³/mol. The van der Waals surface area contributed by atoms with Gasteiger partial charge in [0.15, 0.2) is 0 Å². The van der Waals surface area contributed by atoms with Crippen molar-refractivity contribution in [2.75, 3.05) is 13.1 Å². The second kappa shape index (κ2) is 7.96. The van der Waals surface area contributed by atoms with E-state index >= 15 is 0 Å². The Bertz CT molecular complexity index is 434. The fraction of sp³-hybridized carbons (Fsp3) is 0.562. The molecule has 0 saturated heterocycles. The maximum Gasteiger partial charge on any atom is 0.387 e. The van der Waals surface area contributed by atoms with Crippen molar-refractivity contribution < 1.29 is 18.3 Å². The van der Waals surface area contributed by atoms with E-state index in [2.05, 4.69) is 32.4 Å². The molecule has 21 heavy (non-hydrogen) atoms. The van der Waals surface area contributed by atoms with Crippen LogP contribution in [0.15, 0.2) is 24.3 Å². The molecule has 3 nitrogen and oxygen atoms in total. The lowest BCUT2D eigenvalue weighted by Gasteiger charge is -2.26. The van der Waals surface area contributed by atoms with Crippen LogP contribution in [0.2, 0.25) is 0 Å². The van der Waals surface area contributed by atoms with Gasteiger partial charge in [0, 0.05) is 18.7 Å². The first-order valence-electron chi connectivity index (χ1n) is 7.13. The summed E-state index contributed by atoms with van der Waals surface area (Å²) in [6.45, 7) is 6.71. The Kier molecular flexibility index (Phi) is 6.59. The van der Waals surface area contributed by atoms with Gasteiger partial charge in [0.1, 0.15) is 5.75 Å². The van der Waals surface area contributed by atoms with Gasteiger partial charge in [-0.1, -0.05) is 27.7 Å². The molecule has 0 bridgehead atoms. The van der Waals surface area contributed by atoms with Crippen molar-refractivity contribution in [1.82, 2.24) is 4.90 Å². The topological polar surface area (TPSA) is 29.5 Å². The molecule has 0 aromatic heterocycles. The van der Waals surface area contributed by atoms with Gasteiger partial charge in [0.25, 0.3) is 5.91 Å². The van der Waals surface area contributed by atoms with E-state index in [-0.39, 0.29) is 11.7 Å². The molecule has 0 atom stereocenters. The highest BCUT2D eigenvalue weighted by molar-refractivity contribution is 5.94. The van der Waals surface area contributed by atoms with E-state index < -0.39 is 6.61 Å². The van der Waals surface area contributed by atoms with Crippen molar-refractivity contribution in [3.8, 4) is 5.75 Å². The SMILES string of the molecule is CC(C)CN(CC(C)C)C(=O)c1ccc(OC(F)F)cc1. The molecular formula is C16H23F2NO2. The largest absolute Gasteiger partial charge is 0.435 e. The number of benzene rings is 1. The molecule has 0 saturated carbocycles. The first-order chi connectivity index (χ1) is 9.79. The molecule has 0 unspecified atom stereocenters. The number of carbonyl (C=O) groups is 1. The van der Waals surface area contributed by atoms with Crippen LogP contribution < -0.4 is 4.74 Å². The second-order valence-corrected chi connectivity index (χ2v) is 5.90. The highest BCUT2D eigenvalue weighted by Gasteiger charge is 2.18. The Balaban J connectivity index is 2.82. The number of halogens is 2. The molecular weight excluding hydrogens is 276 g/mol. The summed E-state index contributed by atoms with van der Waals surface area (Å²) in [7, 11) is 0. The monoisotopic (exact) mass is 299 g/mol. The van der Waals surface area contributed by atoms with Gasteiger partial charge in [-0.3, -0.25) is 4.79 Å². The van der Waals surface area contributed by atoms with Gasteiger partial charge in [0.05, 0.1) is 0 Å². The third-order valence-electron chi connectivity index (χ3n) is 2.78. The Hall–Kier alpha value is -1.65. The maximum absolute atomic E-state index is 12.5. The van der Waals surface area contributed by atoms with Crippen molar-refractivity contribution in [3.63, 3.8) is 0 Å². The van der Waals surface area contributed by atoms with Crippen LogP contribution in [0.1, 0.15) is 38.1 Å². The second-order valence-electron chi connectivity index (χ2n) is 5.90. The van der Waals surface area contributed by atoms with Crippen molar-refractivity contribution in [2.45, 2.75) is 34.3 Å². The Morgan fingerprint density at radius 3 is 1.90 bits per heavy atom. The van der Waals surface area contributed by atoms with Crippen LogP contribution in [0.3, 0.4) is 0 Å². The van der Waals surface area contributed by atoms with Crippen LogP contribution in [0.5, 0.6) is 5.75 Å². The normalized spacial score (nSPS) is 11.3. The van der Waals surface area contributed by atoms with Crippen LogP contribution >= 0.6 is 0 Å². The Labute approximate surface area is 124 Å². The number of hydrogen-bond acceptors (Lipinski definition) is 2. The average molecular weight is 299 g/mol. The Morgan fingerprint density at radius 2 is 1.52 bits per heavy atom. The van der Waals surface area contributed by atoms with Gasteiger partial charge >= 0.3 is 6.61 Å². The van der Waals surface area contributed by atoms with Crippen LogP contribution in [0, 0.1) is 11.8 Å². The molecule has 118 valence electrons. The molecule has 1 aromatic rings. The smallest absolute Gasteiger partial charge is 0.387 e. The molecule has 0 heterocycles. The van der Waals surface area contributed by atoms with Crippen LogP contribution in [0.4, 0.5) is 8.78 Å². The van der Waals surface area contributed by atoms with Gasteiger partial charge in [-0.05, 0) is 36.1 Å². The molecule has 0 spiro atoms. The highest BCUT2D eigenvalue weighted by Crippen LogP contribution is 2.17. The minimum atomic E-state index is -2.86. The number of carbonyl (C=O) groups excluding carboxylic acids is 1. The molecule has 5 heteroatoms. The summed E-state index contributed by atoms with van der Waals surface area (Å²) in [5, 5.41) is 0. The first-order valence-corrected chi connectivity index (χ1v) is 7.13. The van der Waals surface area contributed by atoms with Gasteiger partial charge in [-0.25, -0.2) is 0 Å². The quantitative estimate of drug-likeness (QED) is 0.760. The molecule has 0 aliphatic rings. The van der Waals surface area contributed by atoms with E-state index in [1.807, 2.05) is 0 Å². The highest BCUT2D eigenvalue weighted by atomic mass is 19.3. The summed E-state index contributed by atoms with van der Waals surface area (Å²) in [5.41, 5.74) is 0.484. The summed E-state index contributed by atoms with van der Waals surface area (Å²) in [6, 6.07) is 5.83. The molecule has 0 radical (unpaired) electrons. The van der Waals surface area contributed by atoms with Gasteiger partial charge in [-0.15, -0.1) is 0 Å². The lowest BCUT2D eigenvalue weighted by Crippen LogP contribution is -2.37. The molecule has 0 aliphatic carbocycles. The fourth-order valence-electron chi connectivity index (χ4n) is 2.08. The average Bonchev–Trinajstić information content (AvgIpc) is 2.36. The predicted octanol–water partition coefficient (Wildman–Crippen LogP) is 4.04. The molecule has 1 aromatic carbocycles. The summed E-state index contributed by atoms with van der Waals surface area (Å²) < 4.78 is 28.5. The standard InChI is InChI=1S/C16H23F2NO2/c1-11(2)9-19(10-12(3)4)15(20)13-5-7-14(8-6-13)21-16(17)18/h5-8,11-12,16H,9-10H2,1-4H3. The summed E-state index contributed by atoms with van der Waals surface area (Å²) >= 11 is 0. The lowest BCUT2D eigenvalue weighted by molar-refractivity contribution is -0.0498. The Morgan fingerprint density at radius 1 is 1.05 bits per heavy atom. The van der Waals surface area contributed by atoms with Crippen molar-refractivity contribution in [2.24, 2.45) is 11.8 Å². The van der Waals surface area contributed by atoms with Crippen LogP contribution in [-0.2, 0) is 0 Å². The van der Waals surface area contributed by atoms with E-state index in [1.54, 1.807) is 4.90 Å². The van der Waals surface area contributed by atoms with Crippen LogP contribution in [0.25, 0.3) is 0 Å². The third kappa shape index (κ3) is 6.10. The van der Waals surface area contributed by atoms with E-state index in [4.69, 9.17) is 0 Å². The van der Waals surface area contributed by atoms with Gasteiger partial charge in [0.2, 0.25) is 0 Å². The maximum atomic E-state index is 12.5. The number of alkyl halides is 2. The summed E-state index contributed by atoms with van der Waals surface area (Å²) in [5.74, 6) is 0.713. The van der Waals surface area contributed by atoms with Crippen molar-refractivity contribution in [1.29, 1.82) is 0 Å². The zero-order valence-electron chi connectivity index (χ0n) is 13.0. The molecule has 0 fully saturated rings. The fourth-order valence-corrected chi connectivity index (χ4v) is 2.08. The molecule has 1 amide bonds. The van der Waals surface area contributed by atoms with E-state index in [0.29, 0.717) is 30.5 Å². The summed E-state index contributed by atoms with van der Waals surface area (Å²) in [4.78, 5) is 14.3. The van der Waals surface area contributed by atoms with Crippen molar-refractivity contribution in [3.05, 3.63) is 29.8 Å². The number of hydrogen-bond donors (Lipinski definition) is 0. The number of ether oxygens (including phenoxy) is 1. The number of amides is 1. The third-order valence-corrected chi connectivity index (χ3v) is 2.78. The minimum Gasteiger partial charge on any atom is -0.435 e. The number of rotatable bonds is 7. The first kappa shape index (κ1) is 17.4. The number of nitrogens with zero attached hydrogens (tertiary/aromatic N) is 1. The molecule has 0 aliphatic heterocycles. The van der Waals surface area contributed by atoms with Crippen LogP contribution in [-0.4, -0.2) is 30.5 Å². The zero-order chi connectivity index (χ0) is 16.0. The van der Waals surface area contributed by atoms with Gasteiger partial charge < -0.3 is 9.64 Å². The molecule has 0 N–H and O–H groups in total. The van der Waals surface area contributed by atoms with Crippen molar-refractivity contribution >= 4 is 5.91 Å². The van der Waals surface area contributed by atoms with Gasteiger partial charge in [-0.2, -0.15) is 8.78 Å². The lowest BCUT2D eigenvalue weighted by atomic mass is 10.1. The zero-order valence-corrected chi connectivity index (χ0v) is 13.0.